The van der Waals surface area contributed by atoms with Crippen molar-refractivity contribution in [2.24, 2.45) is 0 Å². The predicted octanol–water partition coefficient (Wildman–Crippen LogP) is 5.94. The summed E-state index contributed by atoms with van der Waals surface area (Å²) in [6.45, 7) is 3.62. The second kappa shape index (κ2) is 8.07. The average Bonchev–Trinajstić information content (AvgIpc) is 3.26. The van der Waals surface area contributed by atoms with Crippen LogP contribution >= 0.6 is 0 Å². The molecule has 0 fully saturated rings. The molecular weight excluding hydrogens is 398 g/mol. The summed E-state index contributed by atoms with van der Waals surface area (Å²) >= 11 is 0. The van der Waals surface area contributed by atoms with Gasteiger partial charge in [0.05, 0.1) is 11.1 Å². The second-order valence-electron chi connectivity index (χ2n) is 7.68. The number of hydrogen-bond acceptors (Lipinski definition) is 5. The number of hydrogen-bond donors (Lipinski definition) is 2. The Kier molecular flexibility index (Phi) is 4.95. The number of aromatic nitrogens is 4. The average molecular weight is 419 g/mol. The van der Waals surface area contributed by atoms with Crippen molar-refractivity contribution in [2.45, 2.75) is 13.8 Å². The van der Waals surface area contributed by atoms with Crippen molar-refractivity contribution in [1.29, 1.82) is 0 Å². The minimum Gasteiger partial charge on any atom is -0.339 e. The van der Waals surface area contributed by atoms with Crippen LogP contribution in [-0.4, -0.2) is 25.9 Å². The monoisotopic (exact) mass is 419 g/mol. The van der Waals surface area contributed by atoms with E-state index in [-0.39, 0.29) is 5.78 Å². The molecule has 0 aliphatic heterocycles. The Bertz CT molecular complexity index is 1440. The molecule has 32 heavy (non-hydrogen) atoms. The zero-order chi connectivity index (χ0) is 22.1. The van der Waals surface area contributed by atoms with Crippen LogP contribution in [0.3, 0.4) is 0 Å². The Labute approximate surface area is 185 Å². The summed E-state index contributed by atoms with van der Waals surface area (Å²) in [4.78, 5) is 20.7. The molecule has 0 unspecified atom stereocenters. The minimum absolute atomic E-state index is 0.0126. The molecule has 0 saturated heterocycles. The first-order chi connectivity index (χ1) is 15.6. The molecule has 0 aliphatic carbocycles. The number of nitrogens with zero attached hydrogens (tertiary/aromatic N) is 3. The number of benzene rings is 3. The molecule has 0 saturated carbocycles. The number of anilines is 2. The number of aromatic amines is 1. The van der Waals surface area contributed by atoms with E-state index in [1.54, 1.807) is 13.0 Å². The molecule has 3 aromatic carbocycles. The van der Waals surface area contributed by atoms with Gasteiger partial charge >= 0.3 is 0 Å². The number of ketones is 1. The molecule has 0 atom stereocenters. The van der Waals surface area contributed by atoms with E-state index in [0.717, 1.165) is 39.0 Å². The second-order valence-corrected chi connectivity index (χ2v) is 7.68. The predicted molar refractivity (Wildman–Crippen MR) is 127 cm³/mol. The van der Waals surface area contributed by atoms with Gasteiger partial charge < -0.3 is 5.32 Å². The highest BCUT2D eigenvalue weighted by atomic mass is 16.1. The molecule has 0 aliphatic rings. The molecular formula is C26H21N5O. The third-order valence-electron chi connectivity index (χ3n) is 5.51. The zero-order valence-corrected chi connectivity index (χ0v) is 17.8. The van der Waals surface area contributed by atoms with E-state index in [9.17, 15) is 4.79 Å². The maximum Gasteiger partial charge on any atom is 0.186 e. The first kappa shape index (κ1) is 19.6. The van der Waals surface area contributed by atoms with Crippen molar-refractivity contribution in [3.05, 3.63) is 90.3 Å². The molecule has 6 heteroatoms. The van der Waals surface area contributed by atoms with Crippen molar-refractivity contribution >= 4 is 28.3 Å². The molecule has 6 nitrogen and oxygen atoms in total. The molecule has 0 bridgehead atoms. The van der Waals surface area contributed by atoms with E-state index in [4.69, 9.17) is 0 Å². The molecule has 0 spiro atoms. The highest BCUT2D eigenvalue weighted by molar-refractivity contribution is 6.01. The smallest absolute Gasteiger partial charge is 0.186 e. The van der Waals surface area contributed by atoms with Gasteiger partial charge in [-0.15, -0.1) is 0 Å². The third kappa shape index (κ3) is 3.63. The van der Waals surface area contributed by atoms with E-state index >= 15 is 0 Å². The van der Waals surface area contributed by atoms with Crippen LogP contribution in [0, 0.1) is 6.92 Å². The number of rotatable bonds is 5. The highest BCUT2D eigenvalue weighted by Gasteiger charge is 2.16. The Hall–Kier alpha value is -4.32. The number of H-pyrrole nitrogens is 1. The lowest BCUT2D eigenvalue weighted by Gasteiger charge is -2.12. The van der Waals surface area contributed by atoms with Gasteiger partial charge in [-0.1, -0.05) is 60.7 Å². The first-order valence-electron chi connectivity index (χ1n) is 10.3. The van der Waals surface area contributed by atoms with Crippen molar-refractivity contribution in [3.63, 3.8) is 0 Å². The number of fused-ring (bicyclic) bond motifs is 1. The van der Waals surface area contributed by atoms with E-state index in [2.05, 4.69) is 62.7 Å². The van der Waals surface area contributed by atoms with Crippen LogP contribution in [0.2, 0.25) is 0 Å². The molecule has 2 heterocycles. The van der Waals surface area contributed by atoms with Crippen LogP contribution < -0.4 is 5.32 Å². The first-order valence-corrected chi connectivity index (χ1v) is 10.3. The molecule has 5 rings (SSSR count). The van der Waals surface area contributed by atoms with Crippen molar-refractivity contribution in [3.8, 4) is 22.4 Å². The number of carbonyl (C=O) groups excluding carboxylic acids is 1. The lowest BCUT2D eigenvalue weighted by molar-refractivity contribution is 0.101. The quantitative estimate of drug-likeness (QED) is 0.344. The molecule has 2 N–H and O–H groups in total. The summed E-state index contributed by atoms with van der Waals surface area (Å²) in [6, 6.07) is 24.0. The summed E-state index contributed by atoms with van der Waals surface area (Å²) in [7, 11) is 0. The Morgan fingerprint density at radius 2 is 1.69 bits per heavy atom. The van der Waals surface area contributed by atoms with E-state index in [1.807, 2.05) is 36.4 Å². The van der Waals surface area contributed by atoms with Crippen LogP contribution in [-0.2, 0) is 0 Å². The van der Waals surface area contributed by atoms with Crippen LogP contribution in [0.15, 0.2) is 79.1 Å². The standard InChI is InChI=1S/C26H21N5O/c1-16-11-12-20(18-7-4-3-5-8-18)14-22(16)29-25-23-24(30-31-26(23)28-15-27-25)21-10-6-9-19(13-21)17(2)32/h3-15H,1-2H3,(H2,27,28,29,30,31). The minimum atomic E-state index is 0.0126. The van der Waals surface area contributed by atoms with Gasteiger partial charge in [-0.3, -0.25) is 9.89 Å². The Morgan fingerprint density at radius 1 is 0.875 bits per heavy atom. The fourth-order valence-corrected chi connectivity index (χ4v) is 3.75. The summed E-state index contributed by atoms with van der Waals surface area (Å²) in [5.74, 6) is 0.666. The summed E-state index contributed by atoms with van der Waals surface area (Å²) in [6.07, 6.45) is 1.50. The number of nitrogens with one attached hydrogen (secondary N) is 2. The third-order valence-corrected chi connectivity index (χ3v) is 5.51. The number of aryl methyl sites for hydroxylation is 1. The zero-order valence-electron chi connectivity index (χ0n) is 17.8. The maximum absolute atomic E-state index is 11.9. The van der Waals surface area contributed by atoms with Gasteiger partial charge in [0, 0.05) is 16.8 Å². The largest absolute Gasteiger partial charge is 0.339 e. The van der Waals surface area contributed by atoms with Gasteiger partial charge in [-0.25, -0.2) is 9.97 Å². The van der Waals surface area contributed by atoms with Gasteiger partial charge in [0.2, 0.25) is 0 Å². The lowest BCUT2D eigenvalue weighted by Crippen LogP contribution is -1.98. The summed E-state index contributed by atoms with van der Waals surface area (Å²) < 4.78 is 0. The normalized spacial score (nSPS) is 10.9. The Morgan fingerprint density at radius 3 is 2.50 bits per heavy atom. The van der Waals surface area contributed by atoms with Crippen LogP contribution in [0.25, 0.3) is 33.4 Å². The van der Waals surface area contributed by atoms with Gasteiger partial charge in [0.15, 0.2) is 11.4 Å². The summed E-state index contributed by atoms with van der Waals surface area (Å²) in [5.41, 5.74) is 7.14. The summed E-state index contributed by atoms with van der Waals surface area (Å²) in [5, 5.41) is 11.7. The molecule has 2 aromatic heterocycles. The van der Waals surface area contributed by atoms with Crippen molar-refractivity contribution < 1.29 is 4.79 Å². The van der Waals surface area contributed by atoms with Gasteiger partial charge in [0.25, 0.3) is 0 Å². The molecule has 5 aromatic rings. The van der Waals surface area contributed by atoms with Crippen LogP contribution in [0.1, 0.15) is 22.8 Å². The van der Waals surface area contributed by atoms with Gasteiger partial charge in [-0.2, -0.15) is 5.10 Å². The number of carbonyl (C=O) groups is 1. The fraction of sp³-hybridized carbons (Fsp3) is 0.0769. The lowest BCUT2D eigenvalue weighted by atomic mass is 10.0. The maximum atomic E-state index is 11.9. The van der Waals surface area contributed by atoms with Gasteiger partial charge in [-0.05, 0) is 42.7 Å². The van der Waals surface area contributed by atoms with E-state index in [0.29, 0.717) is 17.0 Å². The SMILES string of the molecule is CC(=O)c1cccc(-c2[nH]nc3ncnc(Nc4cc(-c5ccccc5)ccc4C)c23)c1. The van der Waals surface area contributed by atoms with E-state index in [1.165, 1.54) is 6.33 Å². The van der Waals surface area contributed by atoms with Crippen LogP contribution in [0.4, 0.5) is 11.5 Å². The molecule has 156 valence electrons. The van der Waals surface area contributed by atoms with Crippen molar-refractivity contribution in [2.75, 3.05) is 5.32 Å². The highest BCUT2D eigenvalue weighted by Crippen LogP contribution is 2.33. The van der Waals surface area contributed by atoms with Crippen molar-refractivity contribution in [1.82, 2.24) is 20.2 Å². The molecule has 0 amide bonds. The Balaban J connectivity index is 1.60. The topological polar surface area (TPSA) is 83.6 Å². The van der Waals surface area contributed by atoms with E-state index < -0.39 is 0 Å². The van der Waals surface area contributed by atoms with Crippen LogP contribution in [0.5, 0.6) is 0 Å². The fourth-order valence-electron chi connectivity index (χ4n) is 3.75. The molecule has 0 radical (unpaired) electrons. The van der Waals surface area contributed by atoms with Gasteiger partial charge in [0.1, 0.15) is 12.1 Å². The number of Topliss-reactive ketones (excluding diaryl/α,β-unsaturated/α-hetero) is 1.